The number of hydrogen-bond acceptors (Lipinski definition) is 3. The van der Waals surface area contributed by atoms with Gasteiger partial charge in [-0.25, -0.2) is 8.42 Å². The molecule has 0 saturated heterocycles. The summed E-state index contributed by atoms with van der Waals surface area (Å²) < 4.78 is 27.5. The molecule has 7 heteroatoms. The summed E-state index contributed by atoms with van der Waals surface area (Å²) in [7, 11) is -3.73. The highest BCUT2D eigenvalue weighted by atomic mass is 79.9. The third-order valence-electron chi connectivity index (χ3n) is 2.63. The Bertz CT molecular complexity index is 734. The van der Waals surface area contributed by atoms with Crippen LogP contribution in [0.2, 0.25) is 5.02 Å². The van der Waals surface area contributed by atoms with Crippen molar-refractivity contribution in [3.8, 4) is 0 Å². The molecule has 20 heavy (non-hydrogen) atoms. The molecule has 0 bridgehead atoms. The van der Waals surface area contributed by atoms with Gasteiger partial charge in [-0.2, -0.15) is 0 Å². The van der Waals surface area contributed by atoms with Gasteiger partial charge in [-0.15, -0.1) is 0 Å². The molecule has 106 valence electrons. The lowest BCUT2D eigenvalue weighted by molar-refractivity contribution is 0.282. The zero-order chi connectivity index (χ0) is 14.8. The highest BCUT2D eigenvalue weighted by Gasteiger charge is 2.16. The molecule has 2 N–H and O–H groups in total. The molecule has 2 aromatic carbocycles. The molecule has 2 rings (SSSR count). The SMILES string of the molecule is O=S(=O)(Nc1ccccc1CO)c1ccc(Cl)c(Br)c1. The van der Waals surface area contributed by atoms with Crippen LogP contribution >= 0.6 is 27.5 Å². The average Bonchev–Trinajstić information content (AvgIpc) is 2.42. The summed E-state index contributed by atoms with van der Waals surface area (Å²) in [5.41, 5.74) is 0.852. The quantitative estimate of drug-likeness (QED) is 0.859. The van der Waals surface area contributed by atoms with Gasteiger partial charge in [0.05, 0.1) is 22.2 Å². The Morgan fingerprint density at radius 1 is 1.20 bits per heavy atom. The molecular formula is C13H11BrClNO3S. The molecule has 0 unspecified atom stereocenters. The maximum Gasteiger partial charge on any atom is 0.261 e. The number of anilines is 1. The van der Waals surface area contributed by atoms with E-state index >= 15 is 0 Å². The molecule has 0 amide bonds. The van der Waals surface area contributed by atoms with E-state index in [2.05, 4.69) is 20.7 Å². The van der Waals surface area contributed by atoms with Crippen molar-refractivity contribution >= 4 is 43.2 Å². The maximum absolute atomic E-state index is 12.3. The van der Waals surface area contributed by atoms with E-state index < -0.39 is 10.0 Å². The Hall–Kier alpha value is -1.08. The van der Waals surface area contributed by atoms with Crippen molar-refractivity contribution in [2.75, 3.05) is 4.72 Å². The smallest absolute Gasteiger partial charge is 0.261 e. The monoisotopic (exact) mass is 375 g/mol. The van der Waals surface area contributed by atoms with Crippen LogP contribution < -0.4 is 4.72 Å². The first-order chi connectivity index (χ1) is 9.44. The molecule has 0 aliphatic rings. The van der Waals surface area contributed by atoms with Crippen molar-refractivity contribution in [3.63, 3.8) is 0 Å². The van der Waals surface area contributed by atoms with Gasteiger partial charge >= 0.3 is 0 Å². The van der Waals surface area contributed by atoms with Crippen LogP contribution in [-0.2, 0) is 16.6 Å². The van der Waals surface area contributed by atoms with E-state index in [1.54, 1.807) is 24.3 Å². The maximum atomic E-state index is 12.3. The van der Waals surface area contributed by atoms with Gasteiger partial charge in [0.15, 0.2) is 0 Å². The molecule has 2 aromatic rings. The molecule has 0 aromatic heterocycles. The third-order valence-corrected chi connectivity index (χ3v) is 5.21. The Morgan fingerprint density at radius 2 is 1.90 bits per heavy atom. The predicted molar refractivity (Wildman–Crippen MR) is 82.3 cm³/mol. The second-order valence-corrected chi connectivity index (χ2v) is 6.94. The van der Waals surface area contributed by atoms with Crippen molar-refractivity contribution in [2.45, 2.75) is 11.5 Å². The van der Waals surface area contributed by atoms with Crippen LogP contribution in [-0.4, -0.2) is 13.5 Å². The fourth-order valence-electron chi connectivity index (χ4n) is 1.61. The normalized spacial score (nSPS) is 11.3. The van der Waals surface area contributed by atoms with Gasteiger partial charge in [-0.1, -0.05) is 29.8 Å². The number of hydrogen-bond donors (Lipinski definition) is 2. The number of rotatable bonds is 4. The summed E-state index contributed by atoms with van der Waals surface area (Å²) in [6.07, 6.45) is 0. The summed E-state index contributed by atoms with van der Waals surface area (Å²) in [5.74, 6) is 0. The number of para-hydroxylation sites is 1. The average molecular weight is 377 g/mol. The van der Waals surface area contributed by atoms with Crippen LogP contribution in [0.15, 0.2) is 51.8 Å². The van der Waals surface area contributed by atoms with Gasteiger partial charge in [0.25, 0.3) is 10.0 Å². The zero-order valence-corrected chi connectivity index (χ0v) is 13.3. The number of aliphatic hydroxyl groups is 1. The highest BCUT2D eigenvalue weighted by molar-refractivity contribution is 9.10. The van der Waals surface area contributed by atoms with E-state index in [1.807, 2.05) is 0 Å². The van der Waals surface area contributed by atoms with Crippen molar-refractivity contribution in [1.82, 2.24) is 0 Å². The molecule has 0 spiro atoms. The molecule has 0 aliphatic heterocycles. The van der Waals surface area contributed by atoms with Gasteiger partial charge in [0.1, 0.15) is 0 Å². The lowest BCUT2D eigenvalue weighted by atomic mass is 10.2. The summed E-state index contributed by atoms with van der Waals surface area (Å²) in [6.45, 7) is -0.247. The number of nitrogens with one attached hydrogen (secondary N) is 1. The first kappa shape index (κ1) is 15.3. The largest absolute Gasteiger partial charge is 0.392 e. The molecule has 0 aliphatic carbocycles. The van der Waals surface area contributed by atoms with E-state index in [0.717, 1.165) is 0 Å². The lowest BCUT2D eigenvalue weighted by Gasteiger charge is -2.11. The molecule has 0 saturated carbocycles. The first-order valence-electron chi connectivity index (χ1n) is 5.60. The number of aliphatic hydroxyl groups excluding tert-OH is 1. The van der Waals surface area contributed by atoms with Gasteiger partial charge in [-0.3, -0.25) is 4.72 Å². The minimum Gasteiger partial charge on any atom is -0.392 e. The Morgan fingerprint density at radius 3 is 2.55 bits per heavy atom. The topological polar surface area (TPSA) is 66.4 Å². The van der Waals surface area contributed by atoms with Crippen molar-refractivity contribution in [2.24, 2.45) is 0 Å². The minimum atomic E-state index is -3.73. The minimum absolute atomic E-state index is 0.0847. The van der Waals surface area contributed by atoms with Crippen LogP contribution in [0.5, 0.6) is 0 Å². The van der Waals surface area contributed by atoms with Gasteiger partial charge in [-0.05, 0) is 40.2 Å². The second kappa shape index (κ2) is 6.13. The second-order valence-electron chi connectivity index (χ2n) is 4.00. The fourth-order valence-corrected chi connectivity index (χ4v) is 3.38. The Labute approximate surface area is 130 Å². The van der Waals surface area contributed by atoms with E-state index in [4.69, 9.17) is 11.6 Å². The van der Waals surface area contributed by atoms with Crippen LogP contribution in [0, 0.1) is 0 Å². The summed E-state index contributed by atoms with van der Waals surface area (Å²) in [5, 5.41) is 9.64. The first-order valence-corrected chi connectivity index (χ1v) is 8.26. The standard InChI is InChI=1S/C13H11BrClNO3S/c14-11-7-10(5-6-12(11)15)20(18,19)16-13-4-2-1-3-9(13)8-17/h1-7,16-17H,8H2. The van der Waals surface area contributed by atoms with Crippen molar-refractivity contribution in [3.05, 3.63) is 57.5 Å². The molecule has 0 atom stereocenters. The molecule has 0 heterocycles. The molecular weight excluding hydrogens is 366 g/mol. The molecule has 4 nitrogen and oxygen atoms in total. The van der Waals surface area contributed by atoms with E-state index in [0.29, 0.717) is 20.7 Å². The van der Waals surface area contributed by atoms with Crippen LogP contribution in [0.4, 0.5) is 5.69 Å². The van der Waals surface area contributed by atoms with Crippen LogP contribution in [0.25, 0.3) is 0 Å². The summed E-state index contributed by atoms with van der Waals surface area (Å²) in [6, 6.07) is 11.0. The summed E-state index contributed by atoms with van der Waals surface area (Å²) >= 11 is 9.03. The van der Waals surface area contributed by atoms with E-state index in [-0.39, 0.29) is 11.5 Å². The number of sulfonamides is 1. The van der Waals surface area contributed by atoms with Crippen molar-refractivity contribution < 1.29 is 13.5 Å². The number of benzene rings is 2. The van der Waals surface area contributed by atoms with E-state index in [9.17, 15) is 13.5 Å². The third kappa shape index (κ3) is 3.32. The molecule has 0 radical (unpaired) electrons. The number of halogens is 2. The molecule has 0 fully saturated rings. The van der Waals surface area contributed by atoms with Gasteiger partial charge in [0.2, 0.25) is 0 Å². The Kier molecular flexibility index (Phi) is 4.70. The fraction of sp³-hybridized carbons (Fsp3) is 0.0769. The highest BCUT2D eigenvalue weighted by Crippen LogP contribution is 2.27. The van der Waals surface area contributed by atoms with Gasteiger partial charge in [0, 0.05) is 10.0 Å². The predicted octanol–water partition coefficient (Wildman–Crippen LogP) is 3.40. The van der Waals surface area contributed by atoms with Crippen LogP contribution in [0.3, 0.4) is 0 Å². The van der Waals surface area contributed by atoms with Crippen molar-refractivity contribution in [1.29, 1.82) is 0 Å². The lowest BCUT2D eigenvalue weighted by Crippen LogP contribution is -2.14. The summed E-state index contributed by atoms with van der Waals surface area (Å²) in [4.78, 5) is 0.0847. The van der Waals surface area contributed by atoms with Gasteiger partial charge < -0.3 is 5.11 Å². The Balaban J connectivity index is 2.38. The van der Waals surface area contributed by atoms with Crippen LogP contribution in [0.1, 0.15) is 5.56 Å². The zero-order valence-electron chi connectivity index (χ0n) is 10.2. The van der Waals surface area contributed by atoms with E-state index in [1.165, 1.54) is 18.2 Å².